The maximum Gasteiger partial charge on any atom is 0.454 e. The summed E-state index contributed by atoms with van der Waals surface area (Å²) in [5.41, 5.74) is 2.42. The van der Waals surface area contributed by atoms with Gasteiger partial charge in [0.15, 0.2) is 5.96 Å². The lowest BCUT2D eigenvalue weighted by Gasteiger charge is -2.32. The van der Waals surface area contributed by atoms with Crippen LogP contribution in [0.1, 0.15) is 5.56 Å². The highest BCUT2D eigenvalue weighted by Crippen LogP contribution is 2.18. The zero-order chi connectivity index (χ0) is 14.7. The van der Waals surface area contributed by atoms with Gasteiger partial charge in [0.05, 0.1) is 5.69 Å². The Morgan fingerprint density at radius 2 is 1.86 bits per heavy atom. The molecule has 0 unspecified atom stereocenters. The van der Waals surface area contributed by atoms with Crippen molar-refractivity contribution >= 4 is 30.6 Å². The van der Waals surface area contributed by atoms with Crippen molar-refractivity contribution in [1.29, 1.82) is 0 Å². The first-order valence-corrected chi connectivity index (χ1v) is 6.66. The summed E-state index contributed by atoms with van der Waals surface area (Å²) in [4.78, 5) is 16.9. The maximum atomic E-state index is 10.8. The number of nitrogens with zero attached hydrogens (tertiary/aromatic N) is 2. The first-order chi connectivity index (χ1) is 10.3. The summed E-state index contributed by atoms with van der Waals surface area (Å²) in [5.74, 6) is 0.347. The molecule has 0 radical (unpaired) electrons. The number of aliphatic imine (C=N–C) groups is 1. The Morgan fingerprint density at radius 3 is 2.62 bits per heavy atom. The number of carbonyl (C=O) groups excluding carboxylic acids is 1. The Morgan fingerprint density at radius 1 is 1.14 bits per heavy atom. The zero-order valence-corrected chi connectivity index (χ0v) is 11.3. The third-order valence-electron chi connectivity index (χ3n) is 3.39. The Bertz CT molecular complexity index is 676. The second-order valence-electron chi connectivity index (χ2n) is 4.74. The molecule has 0 aromatic heterocycles. The van der Waals surface area contributed by atoms with Gasteiger partial charge in [-0.25, -0.2) is 4.99 Å². The fourth-order valence-corrected chi connectivity index (χ4v) is 2.38. The minimum absolute atomic E-state index is 0.347. The summed E-state index contributed by atoms with van der Waals surface area (Å²) in [6.07, 6.45) is 0.567. The molecule has 0 saturated heterocycles. The first kappa shape index (κ1) is 13.4. The van der Waals surface area contributed by atoms with Crippen molar-refractivity contribution in [3.05, 3.63) is 60.2 Å². The lowest BCUT2D eigenvalue weighted by Crippen LogP contribution is -2.57. The van der Waals surface area contributed by atoms with Gasteiger partial charge in [-0.05, 0) is 11.6 Å². The van der Waals surface area contributed by atoms with Gasteiger partial charge < -0.3 is 9.83 Å². The monoisotopic (exact) mass is 279 g/mol. The van der Waals surface area contributed by atoms with E-state index in [1.54, 1.807) is 4.81 Å². The van der Waals surface area contributed by atoms with Crippen LogP contribution in [0.4, 0.5) is 5.69 Å². The summed E-state index contributed by atoms with van der Waals surface area (Å²) in [5, 5.41) is 13.1. The summed E-state index contributed by atoms with van der Waals surface area (Å²) in [6, 6.07) is 17.1. The van der Waals surface area contributed by atoms with Crippen LogP contribution in [0.2, 0.25) is 0 Å². The SMILES string of the molecule is O=CNC1=Nc2ccccc2B(O)N1Cc1ccccc1. The second kappa shape index (κ2) is 5.81. The molecule has 0 saturated carbocycles. The molecule has 2 aromatic carbocycles. The highest BCUT2D eigenvalue weighted by Gasteiger charge is 2.33. The third-order valence-corrected chi connectivity index (χ3v) is 3.39. The van der Waals surface area contributed by atoms with E-state index in [1.807, 2.05) is 54.6 Å². The van der Waals surface area contributed by atoms with Crippen molar-refractivity contribution in [2.45, 2.75) is 6.54 Å². The van der Waals surface area contributed by atoms with Crippen LogP contribution in [-0.4, -0.2) is 29.3 Å². The van der Waals surface area contributed by atoms with Crippen LogP contribution in [0.5, 0.6) is 0 Å². The highest BCUT2D eigenvalue weighted by molar-refractivity contribution is 6.68. The summed E-state index contributed by atoms with van der Waals surface area (Å²) in [6.45, 7) is 0.454. The fraction of sp³-hybridized carbons (Fsp3) is 0.0667. The van der Waals surface area contributed by atoms with E-state index in [4.69, 9.17) is 0 Å². The van der Waals surface area contributed by atoms with Crippen LogP contribution in [-0.2, 0) is 11.3 Å². The molecule has 104 valence electrons. The van der Waals surface area contributed by atoms with E-state index < -0.39 is 7.05 Å². The lowest BCUT2D eigenvalue weighted by molar-refractivity contribution is -0.108. The van der Waals surface area contributed by atoms with Crippen LogP contribution < -0.4 is 10.8 Å². The van der Waals surface area contributed by atoms with Crippen molar-refractivity contribution in [2.24, 2.45) is 4.99 Å². The molecule has 2 aromatic rings. The number of nitrogens with one attached hydrogen (secondary N) is 1. The molecule has 5 nitrogen and oxygen atoms in total. The van der Waals surface area contributed by atoms with E-state index in [-0.39, 0.29) is 0 Å². The van der Waals surface area contributed by atoms with E-state index in [1.165, 1.54) is 0 Å². The van der Waals surface area contributed by atoms with Gasteiger partial charge in [0.1, 0.15) is 0 Å². The van der Waals surface area contributed by atoms with Crippen LogP contribution in [0.15, 0.2) is 59.6 Å². The van der Waals surface area contributed by atoms with E-state index in [2.05, 4.69) is 10.3 Å². The van der Waals surface area contributed by atoms with Gasteiger partial charge in [-0.1, -0.05) is 48.5 Å². The molecule has 0 fully saturated rings. The molecule has 0 bridgehead atoms. The standard InChI is InChI=1S/C15H14BN3O2/c20-11-17-15-18-14-9-5-4-8-13(14)16(21)19(15)10-12-6-2-1-3-7-12/h1-9,11,21H,10H2,(H,17,18,20). The highest BCUT2D eigenvalue weighted by atomic mass is 16.2. The first-order valence-electron chi connectivity index (χ1n) is 6.66. The number of carbonyl (C=O) groups is 1. The number of para-hydroxylation sites is 1. The van der Waals surface area contributed by atoms with Crippen molar-refractivity contribution in [3.8, 4) is 0 Å². The van der Waals surface area contributed by atoms with Crippen LogP contribution >= 0.6 is 0 Å². The predicted octanol–water partition coefficient (Wildman–Crippen LogP) is 0.623. The van der Waals surface area contributed by atoms with Crippen LogP contribution in [0.3, 0.4) is 0 Å². The smallest absolute Gasteiger partial charge is 0.428 e. The second-order valence-corrected chi connectivity index (χ2v) is 4.74. The number of rotatable bonds is 3. The van der Waals surface area contributed by atoms with Crippen molar-refractivity contribution in [3.63, 3.8) is 0 Å². The Hall–Kier alpha value is -2.60. The number of benzene rings is 2. The van der Waals surface area contributed by atoms with E-state index in [0.29, 0.717) is 24.6 Å². The van der Waals surface area contributed by atoms with E-state index in [0.717, 1.165) is 11.0 Å². The van der Waals surface area contributed by atoms with Gasteiger partial charge in [-0.15, -0.1) is 0 Å². The number of amides is 1. The van der Waals surface area contributed by atoms with Crippen molar-refractivity contribution in [2.75, 3.05) is 0 Å². The van der Waals surface area contributed by atoms with Crippen molar-refractivity contribution in [1.82, 2.24) is 10.1 Å². The molecule has 1 aliphatic rings. The van der Waals surface area contributed by atoms with Crippen LogP contribution in [0, 0.1) is 0 Å². The maximum absolute atomic E-state index is 10.8. The Kier molecular flexibility index (Phi) is 3.70. The van der Waals surface area contributed by atoms with Gasteiger partial charge in [0, 0.05) is 12.0 Å². The van der Waals surface area contributed by atoms with Gasteiger partial charge in [-0.2, -0.15) is 0 Å². The Balaban J connectivity index is 1.97. The molecule has 0 atom stereocenters. The zero-order valence-electron chi connectivity index (χ0n) is 11.3. The lowest BCUT2D eigenvalue weighted by atomic mass is 9.69. The minimum Gasteiger partial charge on any atom is -0.428 e. The average molecular weight is 279 g/mol. The average Bonchev–Trinajstić information content (AvgIpc) is 2.52. The molecule has 1 aliphatic heterocycles. The topological polar surface area (TPSA) is 64.9 Å². The molecular formula is C15H14BN3O2. The van der Waals surface area contributed by atoms with Crippen molar-refractivity contribution < 1.29 is 9.82 Å². The molecular weight excluding hydrogens is 265 g/mol. The van der Waals surface area contributed by atoms with Gasteiger partial charge in [0.25, 0.3) is 0 Å². The fourth-order valence-electron chi connectivity index (χ4n) is 2.38. The quantitative estimate of drug-likeness (QED) is 0.639. The van der Waals surface area contributed by atoms with Gasteiger partial charge in [0.2, 0.25) is 6.41 Å². The van der Waals surface area contributed by atoms with Gasteiger partial charge >= 0.3 is 7.05 Å². The number of hydrogen-bond donors (Lipinski definition) is 2. The predicted molar refractivity (Wildman–Crippen MR) is 82.3 cm³/mol. The van der Waals surface area contributed by atoms with E-state index in [9.17, 15) is 9.82 Å². The molecule has 0 aliphatic carbocycles. The van der Waals surface area contributed by atoms with Gasteiger partial charge in [-0.3, -0.25) is 10.1 Å². The molecule has 21 heavy (non-hydrogen) atoms. The minimum atomic E-state index is -0.846. The van der Waals surface area contributed by atoms with E-state index >= 15 is 0 Å². The Labute approximate surface area is 123 Å². The number of guanidine groups is 1. The molecule has 1 amide bonds. The molecule has 6 heteroatoms. The number of hydrogen-bond acceptors (Lipinski definition) is 4. The number of fused-ring (bicyclic) bond motifs is 1. The summed E-state index contributed by atoms with van der Waals surface area (Å²) >= 11 is 0. The molecule has 3 rings (SSSR count). The summed E-state index contributed by atoms with van der Waals surface area (Å²) < 4.78 is 0. The molecule has 1 heterocycles. The normalized spacial score (nSPS) is 13.5. The third kappa shape index (κ3) is 2.66. The molecule has 2 N–H and O–H groups in total. The molecule has 0 spiro atoms. The van der Waals surface area contributed by atoms with Crippen LogP contribution in [0.25, 0.3) is 0 Å². The summed E-state index contributed by atoms with van der Waals surface area (Å²) in [7, 11) is -0.846. The largest absolute Gasteiger partial charge is 0.454 e.